The summed E-state index contributed by atoms with van der Waals surface area (Å²) in [6.07, 6.45) is 5.11. The van der Waals surface area contributed by atoms with E-state index in [2.05, 4.69) is 10.3 Å². The lowest BCUT2D eigenvalue weighted by atomic mass is 9.94. The van der Waals surface area contributed by atoms with Crippen LogP contribution in [0.1, 0.15) is 40.6 Å². The number of likely N-dealkylation sites (tertiary alicyclic amines) is 1. The number of carbonyl (C=O) groups excluding carboxylic acids is 2. The fraction of sp³-hybridized carbons (Fsp3) is 0.276. The van der Waals surface area contributed by atoms with Crippen LogP contribution in [0.3, 0.4) is 0 Å². The number of carbonyl (C=O) groups is 2. The third-order valence-electron chi connectivity index (χ3n) is 6.95. The molecule has 184 valence electrons. The molecule has 2 atom stereocenters. The first kappa shape index (κ1) is 23.6. The largest absolute Gasteiger partial charge is 0.497 e. The zero-order valence-electron chi connectivity index (χ0n) is 20.6. The number of aromatic nitrogens is 2. The molecule has 5 rings (SSSR count). The van der Waals surface area contributed by atoms with Crippen molar-refractivity contribution >= 4 is 22.6 Å². The number of piperidine rings is 1. The highest BCUT2D eigenvalue weighted by atomic mass is 16.5. The van der Waals surface area contributed by atoms with Gasteiger partial charge in [0.2, 0.25) is 5.91 Å². The number of aryl methyl sites for hydroxylation is 1. The lowest BCUT2D eigenvalue weighted by Crippen LogP contribution is -2.46. The Kier molecular flexibility index (Phi) is 6.71. The second-order valence-electron chi connectivity index (χ2n) is 9.23. The molecule has 2 heterocycles. The molecule has 1 N–H and O–H groups in total. The maximum absolute atomic E-state index is 13.5. The number of benzene rings is 3. The van der Waals surface area contributed by atoms with Gasteiger partial charge < -0.3 is 19.5 Å². The molecule has 0 aliphatic carbocycles. The van der Waals surface area contributed by atoms with Gasteiger partial charge in [-0.3, -0.25) is 9.59 Å². The molecule has 7 nitrogen and oxygen atoms in total. The van der Waals surface area contributed by atoms with Gasteiger partial charge in [-0.05, 0) is 47.4 Å². The summed E-state index contributed by atoms with van der Waals surface area (Å²) in [4.78, 5) is 33.3. The van der Waals surface area contributed by atoms with E-state index < -0.39 is 6.04 Å². The molecule has 0 saturated carbocycles. The molecule has 4 aromatic rings. The van der Waals surface area contributed by atoms with Gasteiger partial charge in [0.25, 0.3) is 5.91 Å². The van der Waals surface area contributed by atoms with Crippen LogP contribution in [0.2, 0.25) is 0 Å². The van der Waals surface area contributed by atoms with E-state index in [0.717, 1.165) is 40.8 Å². The van der Waals surface area contributed by atoms with Gasteiger partial charge in [0.1, 0.15) is 17.6 Å². The average Bonchev–Trinajstić information content (AvgIpc) is 3.36. The smallest absolute Gasteiger partial charge is 0.254 e. The van der Waals surface area contributed by atoms with E-state index in [0.29, 0.717) is 18.7 Å². The second-order valence-corrected chi connectivity index (χ2v) is 9.23. The van der Waals surface area contributed by atoms with Gasteiger partial charge in [0.15, 0.2) is 0 Å². The fourth-order valence-corrected chi connectivity index (χ4v) is 4.97. The molecule has 1 aliphatic rings. The van der Waals surface area contributed by atoms with Gasteiger partial charge in [-0.2, -0.15) is 0 Å². The molecule has 1 aromatic heterocycles. The molecule has 7 heteroatoms. The molecule has 36 heavy (non-hydrogen) atoms. The molecule has 1 saturated heterocycles. The Balaban J connectivity index is 1.35. The van der Waals surface area contributed by atoms with Gasteiger partial charge in [-0.1, -0.05) is 48.5 Å². The van der Waals surface area contributed by atoms with Gasteiger partial charge in [-0.25, -0.2) is 4.98 Å². The van der Waals surface area contributed by atoms with Crippen LogP contribution in [0, 0.1) is 5.92 Å². The summed E-state index contributed by atoms with van der Waals surface area (Å²) in [5.41, 5.74) is 1.59. The molecule has 0 unspecified atom stereocenters. The van der Waals surface area contributed by atoms with E-state index in [1.807, 2.05) is 89.4 Å². The van der Waals surface area contributed by atoms with Crippen LogP contribution >= 0.6 is 0 Å². The van der Waals surface area contributed by atoms with E-state index in [1.54, 1.807) is 13.3 Å². The Morgan fingerprint density at radius 1 is 1.06 bits per heavy atom. The van der Waals surface area contributed by atoms with Gasteiger partial charge in [0, 0.05) is 38.1 Å². The summed E-state index contributed by atoms with van der Waals surface area (Å²) in [5.74, 6) is 1.10. The summed E-state index contributed by atoms with van der Waals surface area (Å²) in [5, 5.41) is 5.18. The standard InChI is InChI=1S/C29H30N4O3/c1-32-18-16-30-27(32)26(21-12-14-23(36-2)15-13-21)31-28(34)22-9-6-17-33(19-22)29(35)25-11-5-8-20-7-3-4-10-24(20)25/h3-5,7-8,10-16,18,22,26H,6,9,17,19H2,1-2H3,(H,31,34)/t22-,26-/m1/s1. The number of amides is 2. The van der Waals surface area contributed by atoms with E-state index >= 15 is 0 Å². The van der Waals surface area contributed by atoms with E-state index in [4.69, 9.17) is 4.74 Å². The summed E-state index contributed by atoms with van der Waals surface area (Å²) < 4.78 is 7.20. The Morgan fingerprint density at radius 2 is 1.83 bits per heavy atom. The maximum atomic E-state index is 13.5. The van der Waals surface area contributed by atoms with Crippen molar-refractivity contribution in [3.8, 4) is 5.75 Å². The molecule has 0 radical (unpaired) electrons. The average molecular weight is 483 g/mol. The predicted molar refractivity (Wildman–Crippen MR) is 139 cm³/mol. The fourth-order valence-electron chi connectivity index (χ4n) is 4.97. The zero-order valence-corrected chi connectivity index (χ0v) is 20.6. The summed E-state index contributed by atoms with van der Waals surface area (Å²) >= 11 is 0. The molecule has 1 aliphatic heterocycles. The van der Waals surface area contributed by atoms with Crippen molar-refractivity contribution in [1.82, 2.24) is 19.8 Å². The van der Waals surface area contributed by atoms with Crippen LogP contribution in [0.25, 0.3) is 10.8 Å². The van der Waals surface area contributed by atoms with Crippen LogP contribution in [0.4, 0.5) is 0 Å². The Hall–Kier alpha value is -4.13. The lowest BCUT2D eigenvalue weighted by Gasteiger charge is -2.33. The SMILES string of the molecule is COc1ccc([C@@H](NC(=O)[C@@H]2CCCN(C(=O)c3cccc4ccccc34)C2)c2nccn2C)cc1. The highest BCUT2D eigenvalue weighted by molar-refractivity contribution is 6.07. The summed E-state index contributed by atoms with van der Waals surface area (Å²) in [6, 6.07) is 20.9. The highest BCUT2D eigenvalue weighted by Crippen LogP contribution is 2.27. The monoisotopic (exact) mass is 482 g/mol. The Morgan fingerprint density at radius 3 is 2.58 bits per heavy atom. The van der Waals surface area contributed by atoms with Crippen molar-refractivity contribution in [2.45, 2.75) is 18.9 Å². The first-order chi connectivity index (χ1) is 17.5. The van der Waals surface area contributed by atoms with Crippen molar-refractivity contribution < 1.29 is 14.3 Å². The number of methoxy groups -OCH3 is 1. The first-order valence-corrected chi connectivity index (χ1v) is 12.2. The maximum Gasteiger partial charge on any atom is 0.254 e. The topological polar surface area (TPSA) is 76.5 Å². The van der Waals surface area contributed by atoms with Crippen LogP contribution < -0.4 is 10.1 Å². The molecule has 2 amide bonds. The van der Waals surface area contributed by atoms with Crippen molar-refractivity contribution in [3.63, 3.8) is 0 Å². The van der Waals surface area contributed by atoms with Crippen LogP contribution in [-0.4, -0.2) is 46.5 Å². The van der Waals surface area contributed by atoms with Crippen molar-refractivity contribution in [3.05, 3.63) is 96.1 Å². The van der Waals surface area contributed by atoms with Crippen LogP contribution in [0.15, 0.2) is 79.1 Å². The minimum absolute atomic E-state index is 0.0277. The summed E-state index contributed by atoms with van der Waals surface area (Å²) in [6.45, 7) is 1.04. The molecular weight excluding hydrogens is 452 g/mol. The van der Waals surface area contributed by atoms with Crippen molar-refractivity contribution in [2.24, 2.45) is 13.0 Å². The number of rotatable bonds is 6. The number of ether oxygens (including phenoxy) is 1. The van der Waals surface area contributed by atoms with Gasteiger partial charge in [0.05, 0.1) is 13.0 Å². The Labute approximate surface area is 210 Å². The molecule has 0 spiro atoms. The number of imidazole rings is 1. The Bertz CT molecular complexity index is 1370. The van der Waals surface area contributed by atoms with Crippen molar-refractivity contribution in [2.75, 3.05) is 20.2 Å². The molecular formula is C29H30N4O3. The number of hydrogen-bond donors (Lipinski definition) is 1. The van der Waals surface area contributed by atoms with Gasteiger partial charge in [-0.15, -0.1) is 0 Å². The minimum Gasteiger partial charge on any atom is -0.497 e. The van der Waals surface area contributed by atoms with Crippen LogP contribution in [-0.2, 0) is 11.8 Å². The normalized spacial score (nSPS) is 16.5. The summed E-state index contributed by atoms with van der Waals surface area (Å²) in [7, 11) is 3.54. The van der Waals surface area contributed by atoms with Crippen molar-refractivity contribution in [1.29, 1.82) is 0 Å². The number of nitrogens with one attached hydrogen (secondary N) is 1. The molecule has 0 bridgehead atoms. The van der Waals surface area contributed by atoms with Crippen LogP contribution in [0.5, 0.6) is 5.75 Å². The lowest BCUT2D eigenvalue weighted by molar-refractivity contribution is -0.126. The predicted octanol–water partition coefficient (Wildman–Crippen LogP) is 4.34. The number of nitrogens with zero attached hydrogens (tertiary/aromatic N) is 3. The van der Waals surface area contributed by atoms with E-state index in [-0.39, 0.29) is 17.7 Å². The quantitative estimate of drug-likeness (QED) is 0.444. The minimum atomic E-state index is -0.410. The number of fused-ring (bicyclic) bond motifs is 1. The van der Waals surface area contributed by atoms with E-state index in [1.165, 1.54) is 0 Å². The molecule has 3 aromatic carbocycles. The molecule has 1 fully saturated rings. The van der Waals surface area contributed by atoms with E-state index in [9.17, 15) is 9.59 Å². The number of hydrogen-bond acceptors (Lipinski definition) is 4. The third-order valence-corrected chi connectivity index (χ3v) is 6.95. The van der Waals surface area contributed by atoms with Gasteiger partial charge >= 0.3 is 0 Å². The first-order valence-electron chi connectivity index (χ1n) is 12.2. The third kappa shape index (κ3) is 4.69. The highest BCUT2D eigenvalue weighted by Gasteiger charge is 2.31. The zero-order chi connectivity index (χ0) is 25.1. The second kappa shape index (κ2) is 10.2.